The van der Waals surface area contributed by atoms with Crippen molar-refractivity contribution >= 4 is 23.2 Å². The Morgan fingerprint density at radius 3 is 2.55 bits per heavy atom. The van der Waals surface area contributed by atoms with Crippen LogP contribution in [0.2, 0.25) is 0 Å². The van der Waals surface area contributed by atoms with Crippen LogP contribution in [0, 0.1) is 0 Å². The van der Waals surface area contributed by atoms with E-state index in [-0.39, 0.29) is 24.0 Å². The topological polar surface area (TPSA) is 55.5 Å². The fraction of sp³-hybridized carbons (Fsp3) is 0.444. The van der Waals surface area contributed by atoms with E-state index < -0.39 is 6.10 Å². The summed E-state index contributed by atoms with van der Waals surface area (Å²) < 4.78 is 6.37. The lowest BCUT2D eigenvalue weighted by atomic mass is 9.74. The summed E-state index contributed by atoms with van der Waals surface area (Å²) in [5, 5.41) is 13.0. The molecule has 0 bridgehead atoms. The summed E-state index contributed by atoms with van der Waals surface area (Å²) >= 11 is 0. The summed E-state index contributed by atoms with van der Waals surface area (Å²) in [4.78, 5) is 0. The number of benzene rings is 2. The molecule has 118 valence electrons. The van der Waals surface area contributed by atoms with Crippen molar-refractivity contribution in [3.05, 3.63) is 42.0 Å². The number of ether oxygens (including phenoxy) is 1. The van der Waals surface area contributed by atoms with Crippen LogP contribution in [0.15, 0.2) is 36.4 Å². The predicted molar refractivity (Wildman–Crippen MR) is 90.6 cm³/mol. The SMILES string of the molecule is Cl.NC1C(O)c2c(ccc3ccccc23)OC12CCCCC2. The molecule has 2 aliphatic rings. The molecule has 0 saturated heterocycles. The van der Waals surface area contributed by atoms with E-state index in [0.717, 1.165) is 47.8 Å². The Hall–Kier alpha value is -1.29. The molecule has 3 N–H and O–H groups in total. The van der Waals surface area contributed by atoms with Crippen molar-refractivity contribution in [2.75, 3.05) is 0 Å². The van der Waals surface area contributed by atoms with Gasteiger partial charge in [0.1, 0.15) is 17.5 Å². The van der Waals surface area contributed by atoms with Gasteiger partial charge in [-0.15, -0.1) is 12.4 Å². The first-order chi connectivity index (χ1) is 10.2. The first-order valence-corrected chi connectivity index (χ1v) is 7.86. The lowest BCUT2D eigenvalue weighted by Gasteiger charge is -2.47. The number of rotatable bonds is 0. The van der Waals surface area contributed by atoms with Crippen LogP contribution in [0.3, 0.4) is 0 Å². The van der Waals surface area contributed by atoms with E-state index in [2.05, 4.69) is 12.1 Å². The van der Waals surface area contributed by atoms with E-state index in [9.17, 15) is 5.11 Å². The van der Waals surface area contributed by atoms with E-state index in [4.69, 9.17) is 10.5 Å². The van der Waals surface area contributed by atoms with Gasteiger partial charge in [-0.05, 0) is 42.5 Å². The van der Waals surface area contributed by atoms with Gasteiger partial charge >= 0.3 is 0 Å². The molecule has 1 fully saturated rings. The van der Waals surface area contributed by atoms with E-state index in [1.807, 2.05) is 24.3 Å². The van der Waals surface area contributed by atoms with Crippen molar-refractivity contribution in [1.29, 1.82) is 0 Å². The molecule has 2 unspecified atom stereocenters. The Kier molecular flexibility index (Phi) is 4.06. The quantitative estimate of drug-likeness (QED) is 0.778. The standard InChI is InChI=1S/C18H21NO2.ClH/c19-17-16(20)15-13-7-3-2-6-12(13)8-9-14(15)21-18(17)10-4-1-5-11-18;/h2-3,6-9,16-17,20H,1,4-5,10-11,19H2;1H. The van der Waals surface area contributed by atoms with Gasteiger partial charge in [0.25, 0.3) is 0 Å². The van der Waals surface area contributed by atoms with Crippen molar-refractivity contribution in [2.45, 2.75) is 49.9 Å². The zero-order chi connectivity index (χ0) is 14.4. The van der Waals surface area contributed by atoms with Crippen LogP contribution in [0.5, 0.6) is 5.75 Å². The first-order valence-electron chi connectivity index (χ1n) is 7.86. The molecule has 3 nitrogen and oxygen atoms in total. The smallest absolute Gasteiger partial charge is 0.127 e. The second-order valence-corrected chi connectivity index (χ2v) is 6.40. The zero-order valence-corrected chi connectivity index (χ0v) is 13.3. The van der Waals surface area contributed by atoms with Crippen molar-refractivity contribution < 1.29 is 9.84 Å². The molecule has 1 saturated carbocycles. The van der Waals surface area contributed by atoms with Gasteiger partial charge in [-0.2, -0.15) is 0 Å². The van der Waals surface area contributed by atoms with E-state index in [0.29, 0.717) is 0 Å². The maximum Gasteiger partial charge on any atom is 0.127 e. The highest BCUT2D eigenvalue weighted by molar-refractivity contribution is 5.88. The minimum atomic E-state index is -0.655. The van der Waals surface area contributed by atoms with Crippen LogP contribution in [-0.4, -0.2) is 16.7 Å². The molecule has 1 aliphatic carbocycles. The summed E-state index contributed by atoms with van der Waals surface area (Å²) in [5.41, 5.74) is 6.90. The van der Waals surface area contributed by atoms with Gasteiger partial charge < -0.3 is 15.6 Å². The fourth-order valence-electron chi connectivity index (χ4n) is 4.01. The van der Waals surface area contributed by atoms with Crippen molar-refractivity contribution in [3.8, 4) is 5.75 Å². The molecular weight excluding hydrogens is 298 g/mol. The third-order valence-electron chi connectivity index (χ3n) is 5.19. The Labute approximate surface area is 136 Å². The normalized spacial score (nSPS) is 26.1. The van der Waals surface area contributed by atoms with Gasteiger partial charge in [-0.1, -0.05) is 36.8 Å². The van der Waals surface area contributed by atoms with Crippen LogP contribution in [0.25, 0.3) is 10.8 Å². The number of aliphatic hydroxyl groups is 1. The number of halogens is 1. The second-order valence-electron chi connectivity index (χ2n) is 6.40. The number of hydrogen-bond acceptors (Lipinski definition) is 3. The minimum Gasteiger partial charge on any atom is -0.485 e. The van der Waals surface area contributed by atoms with Crippen molar-refractivity contribution in [1.82, 2.24) is 0 Å². The molecule has 4 rings (SSSR count). The molecule has 1 heterocycles. The minimum absolute atomic E-state index is 0. The van der Waals surface area contributed by atoms with E-state index in [1.165, 1.54) is 6.42 Å². The molecule has 22 heavy (non-hydrogen) atoms. The Bertz CT molecular complexity index is 682. The largest absolute Gasteiger partial charge is 0.485 e. The molecular formula is C18H22ClNO2. The van der Waals surface area contributed by atoms with E-state index >= 15 is 0 Å². The molecule has 2 aromatic carbocycles. The average Bonchev–Trinajstić information content (AvgIpc) is 2.53. The van der Waals surface area contributed by atoms with Gasteiger partial charge in [-0.25, -0.2) is 0 Å². The van der Waals surface area contributed by atoms with Crippen LogP contribution < -0.4 is 10.5 Å². The Morgan fingerprint density at radius 2 is 1.77 bits per heavy atom. The number of aliphatic hydroxyl groups excluding tert-OH is 1. The monoisotopic (exact) mass is 319 g/mol. The highest BCUT2D eigenvalue weighted by Crippen LogP contribution is 2.47. The predicted octanol–water partition coefficient (Wildman–Crippen LogP) is 3.72. The summed E-state index contributed by atoms with van der Waals surface area (Å²) in [5.74, 6) is 0.810. The van der Waals surface area contributed by atoms with Gasteiger partial charge in [0.2, 0.25) is 0 Å². The highest BCUT2D eigenvalue weighted by atomic mass is 35.5. The zero-order valence-electron chi connectivity index (χ0n) is 12.5. The number of nitrogens with two attached hydrogens (primary N) is 1. The average molecular weight is 320 g/mol. The van der Waals surface area contributed by atoms with Crippen LogP contribution in [-0.2, 0) is 0 Å². The number of fused-ring (bicyclic) bond motifs is 3. The molecule has 1 spiro atoms. The number of hydrogen-bond donors (Lipinski definition) is 2. The summed E-state index contributed by atoms with van der Waals surface area (Å²) in [6, 6.07) is 11.8. The van der Waals surface area contributed by atoms with Crippen molar-refractivity contribution in [2.24, 2.45) is 5.73 Å². The maximum atomic E-state index is 10.8. The van der Waals surface area contributed by atoms with Crippen LogP contribution >= 0.6 is 12.4 Å². The Balaban J connectivity index is 0.00000144. The molecule has 1 aliphatic heterocycles. The third kappa shape index (κ3) is 2.19. The lowest BCUT2D eigenvalue weighted by molar-refractivity contribution is -0.0574. The van der Waals surface area contributed by atoms with Crippen molar-refractivity contribution in [3.63, 3.8) is 0 Å². The molecule has 2 atom stereocenters. The van der Waals surface area contributed by atoms with Crippen LogP contribution in [0.4, 0.5) is 0 Å². The summed E-state index contributed by atoms with van der Waals surface area (Å²) in [6.07, 6.45) is 4.72. The summed E-state index contributed by atoms with van der Waals surface area (Å²) in [6.45, 7) is 0. The Morgan fingerprint density at radius 1 is 1.05 bits per heavy atom. The lowest BCUT2D eigenvalue weighted by Crippen LogP contribution is -2.58. The first kappa shape index (κ1) is 15.6. The van der Waals surface area contributed by atoms with Crippen LogP contribution in [0.1, 0.15) is 43.8 Å². The molecule has 0 amide bonds. The molecule has 0 radical (unpaired) electrons. The summed E-state index contributed by atoms with van der Waals surface area (Å²) in [7, 11) is 0. The van der Waals surface area contributed by atoms with Gasteiger partial charge in [0.05, 0.1) is 6.04 Å². The molecule has 2 aromatic rings. The maximum absolute atomic E-state index is 10.8. The molecule has 0 aromatic heterocycles. The third-order valence-corrected chi connectivity index (χ3v) is 5.19. The van der Waals surface area contributed by atoms with Gasteiger partial charge in [0.15, 0.2) is 0 Å². The van der Waals surface area contributed by atoms with E-state index in [1.54, 1.807) is 0 Å². The van der Waals surface area contributed by atoms with Gasteiger partial charge in [0, 0.05) is 5.56 Å². The van der Waals surface area contributed by atoms with Gasteiger partial charge in [-0.3, -0.25) is 0 Å². The fourth-order valence-corrected chi connectivity index (χ4v) is 4.01. The highest BCUT2D eigenvalue weighted by Gasteiger charge is 2.48. The molecule has 4 heteroatoms. The second kappa shape index (κ2) is 5.73.